The number of aliphatic hydroxyl groups excluding tert-OH is 1. The van der Waals surface area contributed by atoms with Crippen molar-refractivity contribution >= 4 is 5.91 Å². The van der Waals surface area contributed by atoms with Gasteiger partial charge in [0, 0.05) is 37.7 Å². The Morgan fingerprint density at radius 3 is 2.95 bits per heavy atom. The second-order valence-corrected chi connectivity index (χ2v) is 6.67. The van der Waals surface area contributed by atoms with Gasteiger partial charge in [-0.1, -0.05) is 6.07 Å². The van der Waals surface area contributed by atoms with Gasteiger partial charge in [-0.3, -0.25) is 9.78 Å². The summed E-state index contributed by atoms with van der Waals surface area (Å²) in [5.41, 5.74) is 1.16. The van der Waals surface area contributed by atoms with Crippen LogP contribution in [0.3, 0.4) is 0 Å². The molecule has 3 heterocycles. The summed E-state index contributed by atoms with van der Waals surface area (Å²) in [6.07, 6.45) is 5.74. The molecular weight excluding hydrogens is 278 g/mol. The molecule has 1 spiro atoms. The van der Waals surface area contributed by atoms with Crippen LogP contribution in [0.25, 0.3) is 0 Å². The monoisotopic (exact) mass is 303 g/mol. The lowest BCUT2D eigenvalue weighted by molar-refractivity contribution is -0.140. The van der Waals surface area contributed by atoms with Gasteiger partial charge in [-0.15, -0.1) is 0 Å². The van der Waals surface area contributed by atoms with Crippen molar-refractivity contribution in [3.63, 3.8) is 0 Å². The van der Waals surface area contributed by atoms with E-state index in [2.05, 4.69) is 9.88 Å². The van der Waals surface area contributed by atoms with Crippen LogP contribution in [0, 0.1) is 5.41 Å². The third kappa shape index (κ3) is 3.47. The normalized spacial score (nSPS) is 26.6. The maximum absolute atomic E-state index is 12.3. The maximum Gasteiger partial charge on any atom is 0.222 e. The van der Waals surface area contributed by atoms with E-state index in [1.807, 2.05) is 23.1 Å². The van der Waals surface area contributed by atoms with E-state index in [0.717, 1.165) is 44.7 Å². The lowest BCUT2D eigenvalue weighted by Gasteiger charge is -2.48. The first-order valence-electron chi connectivity index (χ1n) is 8.22. The van der Waals surface area contributed by atoms with Crippen LogP contribution in [0.1, 0.15) is 31.4 Å². The van der Waals surface area contributed by atoms with Crippen molar-refractivity contribution in [2.24, 2.45) is 5.41 Å². The Hall–Kier alpha value is -1.46. The highest BCUT2D eigenvalue weighted by molar-refractivity contribution is 5.77. The predicted molar refractivity (Wildman–Crippen MR) is 84.1 cm³/mol. The Morgan fingerprint density at radius 1 is 1.27 bits per heavy atom. The van der Waals surface area contributed by atoms with Crippen LogP contribution in [-0.4, -0.2) is 58.6 Å². The summed E-state index contributed by atoms with van der Waals surface area (Å²) in [7, 11) is 0. The molecule has 0 aliphatic carbocycles. The summed E-state index contributed by atoms with van der Waals surface area (Å²) in [6, 6.07) is 5.85. The molecule has 0 bridgehead atoms. The number of aliphatic hydroxyl groups is 1. The quantitative estimate of drug-likeness (QED) is 0.910. The van der Waals surface area contributed by atoms with Crippen molar-refractivity contribution in [2.45, 2.75) is 32.2 Å². The molecule has 1 aromatic heterocycles. The number of pyridine rings is 1. The Kier molecular flexibility index (Phi) is 4.74. The summed E-state index contributed by atoms with van der Waals surface area (Å²) in [5, 5.41) is 9.18. The SMILES string of the molecule is O=C1CCC2(CCCN(CCO)C2)CN1Cc1ccccn1. The fraction of sp³-hybridized carbons (Fsp3) is 0.647. The third-order valence-electron chi connectivity index (χ3n) is 4.98. The van der Waals surface area contributed by atoms with Crippen LogP contribution in [0.15, 0.2) is 24.4 Å². The van der Waals surface area contributed by atoms with Gasteiger partial charge in [0.2, 0.25) is 5.91 Å². The summed E-state index contributed by atoms with van der Waals surface area (Å²) < 4.78 is 0. The fourth-order valence-corrected chi connectivity index (χ4v) is 3.91. The number of rotatable bonds is 4. The molecule has 2 saturated heterocycles. The van der Waals surface area contributed by atoms with Gasteiger partial charge in [-0.05, 0) is 37.9 Å². The van der Waals surface area contributed by atoms with E-state index in [-0.39, 0.29) is 17.9 Å². The van der Waals surface area contributed by atoms with Crippen molar-refractivity contribution in [3.8, 4) is 0 Å². The topological polar surface area (TPSA) is 56.7 Å². The molecule has 1 unspecified atom stereocenters. The number of nitrogens with zero attached hydrogens (tertiary/aromatic N) is 3. The molecule has 1 amide bonds. The first kappa shape index (κ1) is 15.4. The summed E-state index contributed by atoms with van der Waals surface area (Å²) >= 11 is 0. The van der Waals surface area contributed by atoms with E-state index < -0.39 is 0 Å². The van der Waals surface area contributed by atoms with Crippen molar-refractivity contribution in [1.82, 2.24) is 14.8 Å². The van der Waals surface area contributed by atoms with Gasteiger partial charge in [0.1, 0.15) is 0 Å². The highest BCUT2D eigenvalue weighted by atomic mass is 16.3. The molecule has 5 heteroatoms. The zero-order chi connectivity index (χ0) is 15.4. The summed E-state index contributed by atoms with van der Waals surface area (Å²) in [4.78, 5) is 21.0. The van der Waals surface area contributed by atoms with Gasteiger partial charge in [0.25, 0.3) is 0 Å². The van der Waals surface area contributed by atoms with Gasteiger partial charge in [0.15, 0.2) is 0 Å². The minimum Gasteiger partial charge on any atom is -0.395 e. The highest BCUT2D eigenvalue weighted by Crippen LogP contribution is 2.39. The first-order valence-corrected chi connectivity index (χ1v) is 8.22. The second kappa shape index (κ2) is 6.75. The van der Waals surface area contributed by atoms with E-state index >= 15 is 0 Å². The predicted octanol–water partition coefficient (Wildman–Crippen LogP) is 1.28. The number of carbonyl (C=O) groups excluding carboxylic acids is 1. The van der Waals surface area contributed by atoms with Crippen LogP contribution in [0.5, 0.6) is 0 Å². The Balaban J connectivity index is 1.68. The molecule has 0 aromatic carbocycles. The zero-order valence-electron chi connectivity index (χ0n) is 13.1. The van der Waals surface area contributed by atoms with Crippen molar-refractivity contribution in [2.75, 3.05) is 32.8 Å². The van der Waals surface area contributed by atoms with Crippen molar-refractivity contribution in [1.29, 1.82) is 0 Å². The van der Waals surface area contributed by atoms with E-state index in [0.29, 0.717) is 13.0 Å². The molecule has 0 saturated carbocycles. The summed E-state index contributed by atoms with van der Waals surface area (Å²) in [5.74, 6) is 0.246. The van der Waals surface area contributed by atoms with Crippen LogP contribution < -0.4 is 0 Å². The molecule has 2 aliphatic rings. The Labute approximate surface area is 131 Å². The van der Waals surface area contributed by atoms with Crippen molar-refractivity contribution in [3.05, 3.63) is 30.1 Å². The number of hydrogen-bond acceptors (Lipinski definition) is 4. The molecule has 0 radical (unpaired) electrons. The van der Waals surface area contributed by atoms with E-state index in [9.17, 15) is 9.90 Å². The van der Waals surface area contributed by atoms with E-state index in [1.165, 1.54) is 6.42 Å². The second-order valence-electron chi connectivity index (χ2n) is 6.67. The van der Waals surface area contributed by atoms with Crippen LogP contribution in [0.2, 0.25) is 0 Å². The largest absolute Gasteiger partial charge is 0.395 e. The number of amides is 1. The molecule has 2 aliphatic heterocycles. The molecule has 1 N–H and O–H groups in total. The first-order chi connectivity index (χ1) is 10.7. The average molecular weight is 303 g/mol. The molecule has 22 heavy (non-hydrogen) atoms. The number of β-amino-alcohol motifs (C(OH)–C–C–N with tert-alkyl or cyclic N) is 1. The molecule has 5 nitrogen and oxygen atoms in total. The van der Waals surface area contributed by atoms with Gasteiger partial charge in [-0.25, -0.2) is 0 Å². The maximum atomic E-state index is 12.3. The minimum absolute atomic E-state index is 0.204. The van der Waals surface area contributed by atoms with Crippen LogP contribution in [-0.2, 0) is 11.3 Å². The standard InChI is InChI=1S/C17H25N3O2/c21-11-10-19-9-3-6-17(13-19)7-5-16(22)20(14-17)12-15-4-1-2-8-18-15/h1-2,4,8,21H,3,5-7,9-14H2. The molecular formula is C17H25N3O2. The fourth-order valence-electron chi connectivity index (χ4n) is 3.91. The van der Waals surface area contributed by atoms with Crippen LogP contribution >= 0.6 is 0 Å². The Bertz CT molecular complexity index is 506. The lowest BCUT2D eigenvalue weighted by Crippen LogP contribution is -2.54. The smallest absolute Gasteiger partial charge is 0.222 e. The average Bonchev–Trinajstić information content (AvgIpc) is 2.53. The number of likely N-dealkylation sites (tertiary alicyclic amines) is 2. The summed E-state index contributed by atoms with van der Waals surface area (Å²) in [6.45, 7) is 4.46. The molecule has 2 fully saturated rings. The molecule has 1 aromatic rings. The van der Waals surface area contributed by atoms with Gasteiger partial charge < -0.3 is 14.9 Å². The molecule has 120 valence electrons. The van der Waals surface area contributed by atoms with Gasteiger partial charge in [0.05, 0.1) is 18.8 Å². The van der Waals surface area contributed by atoms with Gasteiger partial charge >= 0.3 is 0 Å². The van der Waals surface area contributed by atoms with Gasteiger partial charge in [-0.2, -0.15) is 0 Å². The lowest BCUT2D eigenvalue weighted by atomic mass is 9.73. The number of aromatic nitrogens is 1. The highest BCUT2D eigenvalue weighted by Gasteiger charge is 2.41. The Morgan fingerprint density at radius 2 is 2.18 bits per heavy atom. The number of piperidine rings is 2. The third-order valence-corrected chi connectivity index (χ3v) is 4.98. The molecule has 1 atom stereocenters. The number of carbonyl (C=O) groups is 1. The van der Waals surface area contributed by atoms with Crippen molar-refractivity contribution < 1.29 is 9.90 Å². The van der Waals surface area contributed by atoms with Crippen LogP contribution in [0.4, 0.5) is 0 Å². The van der Waals surface area contributed by atoms with E-state index in [1.54, 1.807) is 6.20 Å². The zero-order valence-corrected chi connectivity index (χ0v) is 13.1. The van der Waals surface area contributed by atoms with E-state index in [4.69, 9.17) is 0 Å². The minimum atomic E-state index is 0.204. The molecule has 3 rings (SSSR count). The number of hydrogen-bond donors (Lipinski definition) is 1.